The maximum atomic E-state index is 4.47. The molecule has 1 nitrogen and oxygen atoms in total. The molecule has 0 bridgehead atoms. The first-order valence-corrected chi connectivity index (χ1v) is 4.57. The van der Waals surface area contributed by atoms with Crippen LogP contribution < -0.4 is 0 Å². The summed E-state index contributed by atoms with van der Waals surface area (Å²) in [5.41, 5.74) is 1.16. The number of unbranched alkanes of at least 4 members (excludes halogenated alkanes) is 1. The van der Waals surface area contributed by atoms with E-state index in [1.807, 2.05) is 12.8 Å². The summed E-state index contributed by atoms with van der Waals surface area (Å²) in [7, 11) is 0. The van der Waals surface area contributed by atoms with Crippen molar-refractivity contribution in [3.05, 3.63) is 31.6 Å². The monoisotopic (exact) mass is 162 g/mol. The Bertz CT molecular complexity index is 143. The molecular weight excluding hydrogens is 146 g/mol. The van der Waals surface area contributed by atoms with E-state index in [2.05, 4.69) is 31.7 Å². The van der Waals surface area contributed by atoms with Gasteiger partial charge >= 0.3 is 0 Å². The van der Waals surface area contributed by atoms with Crippen LogP contribution in [0.4, 0.5) is 0 Å². The minimum Gasteiger partial charge on any atom is -0.294 e. The van der Waals surface area contributed by atoms with Gasteiger partial charge < -0.3 is 0 Å². The first kappa shape index (κ1) is 9.76. The molecule has 5 radical (unpaired) electrons. The van der Waals surface area contributed by atoms with Crippen LogP contribution in [0.3, 0.4) is 0 Å². The molecule has 0 atom stereocenters. The van der Waals surface area contributed by atoms with Crippen molar-refractivity contribution in [1.82, 2.24) is 0 Å². The molecule has 1 heteroatoms. The molecule has 1 rings (SSSR count). The van der Waals surface area contributed by atoms with Crippen molar-refractivity contribution in [3.63, 3.8) is 0 Å². The molecule has 12 heavy (non-hydrogen) atoms. The van der Waals surface area contributed by atoms with Crippen molar-refractivity contribution in [2.75, 3.05) is 6.54 Å². The minimum absolute atomic E-state index is 0.966. The molecule has 0 heterocycles. The highest BCUT2D eigenvalue weighted by atomic mass is 14.7. The smallest absolute Gasteiger partial charge is 0.0388 e. The Hall–Kier alpha value is -0.330. The van der Waals surface area contributed by atoms with Crippen LogP contribution in [0.2, 0.25) is 0 Å². The summed E-state index contributed by atoms with van der Waals surface area (Å²) in [6.45, 7) is 5.23. The van der Waals surface area contributed by atoms with Gasteiger partial charge in [-0.05, 0) is 39.0 Å². The number of hydrogen-bond acceptors (Lipinski definition) is 1. The summed E-state index contributed by atoms with van der Waals surface area (Å²) in [5.74, 6) is 1.26. The van der Waals surface area contributed by atoms with Crippen molar-refractivity contribution in [2.45, 2.75) is 26.7 Å². The van der Waals surface area contributed by atoms with Gasteiger partial charge in [-0.3, -0.25) is 4.99 Å². The van der Waals surface area contributed by atoms with Gasteiger partial charge in [0.15, 0.2) is 0 Å². The zero-order valence-electron chi connectivity index (χ0n) is 7.88. The Kier molecular flexibility index (Phi) is 4.34. The third-order valence-electron chi connectivity index (χ3n) is 1.94. The lowest BCUT2D eigenvalue weighted by atomic mass is 10.0. The second-order valence-electron chi connectivity index (χ2n) is 2.99. The Labute approximate surface area is 76.3 Å². The van der Waals surface area contributed by atoms with Crippen LogP contribution in [-0.2, 0) is 0 Å². The fourth-order valence-electron chi connectivity index (χ4n) is 1.11. The van der Waals surface area contributed by atoms with E-state index < -0.39 is 0 Å². The van der Waals surface area contributed by atoms with Gasteiger partial charge in [-0.15, -0.1) is 0 Å². The summed E-state index contributed by atoms with van der Waals surface area (Å²) in [6.07, 6.45) is 10.7. The summed E-state index contributed by atoms with van der Waals surface area (Å²) < 4.78 is 0. The van der Waals surface area contributed by atoms with Crippen molar-refractivity contribution in [3.8, 4) is 0 Å². The number of nitrogens with zero attached hydrogens (tertiary/aromatic N) is 1. The van der Waals surface area contributed by atoms with Gasteiger partial charge in [-0.1, -0.05) is 13.3 Å². The fourth-order valence-corrected chi connectivity index (χ4v) is 1.11. The minimum atomic E-state index is 0.966. The average Bonchev–Trinajstić information content (AvgIpc) is 2.56. The number of rotatable bonds is 4. The van der Waals surface area contributed by atoms with Crippen LogP contribution >= 0.6 is 0 Å². The molecule has 0 saturated heterocycles. The molecule has 0 N–H and O–H groups in total. The van der Waals surface area contributed by atoms with E-state index in [0.717, 1.165) is 12.3 Å². The van der Waals surface area contributed by atoms with E-state index in [1.54, 1.807) is 0 Å². The standard InChI is InChI=1S/C11H16N/c1-3-4-9-12-10(2)11-7-5-6-8-11/h5-8H,3-4,9H2,1-2H3. The average molecular weight is 162 g/mol. The first-order chi connectivity index (χ1) is 5.84. The summed E-state index contributed by atoms with van der Waals surface area (Å²) in [6, 6.07) is 0. The zero-order chi connectivity index (χ0) is 8.81. The first-order valence-electron chi connectivity index (χ1n) is 4.57. The quantitative estimate of drug-likeness (QED) is 0.445. The summed E-state index contributed by atoms with van der Waals surface area (Å²) in [5, 5.41) is 0. The van der Waals surface area contributed by atoms with E-state index in [0.29, 0.717) is 0 Å². The lowest BCUT2D eigenvalue weighted by molar-refractivity contribution is 0.807. The molecule has 0 amide bonds. The Morgan fingerprint density at radius 1 is 1.33 bits per heavy atom. The van der Waals surface area contributed by atoms with Gasteiger partial charge in [0.2, 0.25) is 0 Å². The predicted molar refractivity (Wildman–Crippen MR) is 53.3 cm³/mol. The van der Waals surface area contributed by atoms with Crippen LogP contribution in [0, 0.1) is 31.6 Å². The highest BCUT2D eigenvalue weighted by Gasteiger charge is 2.18. The molecule has 0 aromatic carbocycles. The van der Waals surface area contributed by atoms with Crippen LogP contribution in [0.15, 0.2) is 4.99 Å². The van der Waals surface area contributed by atoms with Crippen LogP contribution in [-0.4, -0.2) is 12.3 Å². The largest absolute Gasteiger partial charge is 0.294 e. The number of aliphatic imine (C=N–C) groups is 1. The molecule has 0 unspecified atom stereocenters. The van der Waals surface area contributed by atoms with Crippen LogP contribution in [0.25, 0.3) is 0 Å². The van der Waals surface area contributed by atoms with Gasteiger partial charge in [-0.25, -0.2) is 0 Å². The molecule has 0 aromatic heterocycles. The molecule has 1 aliphatic carbocycles. The van der Waals surface area contributed by atoms with Gasteiger partial charge in [0.05, 0.1) is 0 Å². The van der Waals surface area contributed by atoms with Gasteiger partial charge in [-0.2, -0.15) is 0 Å². The van der Waals surface area contributed by atoms with Crippen molar-refractivity contribution >= 4 is 5.71 Å². The molecule has 0 spiro atoms. The van der Waals surface area contributed by atoms with E-state index in [1.165, 1.54) is 18.8 Å². The van der Waals surface area contributed by atoms with Crippen molar-refractivity contribution in [1.29, 1.82) is 0 Å². The topological polar surface area (TPSA) is 12.4 Å². The SMILES string of the molecule is CCCCN=C(C)[C]1[CH][CH][CH][CH]1. The highest BCUT2D eigenvalue weighted by Crippen LogP contribution is 2.24. The van der Waals surface area contributed by atoms with Gasteiger partial charge in [0, 0.05) is 18.2 Å². The van der Waals surface area contributed by atoms with E-state index in [4.69, 9.17) is 0 Å². The molecule has 0 aliphatic heterocycles. The molecular formula is C11H16N. The van der Waals surface area contributed by atoms with Crippen molar-refractivity contribution in [2.24, 2.45) is 4.99 Å². The number of hydrogen-bond donors (Lipinski definition) is 0. The Morgan fingerprint density at radius 3 is 2.58 bits per heavy atom. The Balaban J connectivity index is 2.24. The maximum absolute atomic E-state index is 4.47. The fraction of sp³-hybridized carbons (Fsp3) is 0.455. The summed E-state index contributed by atoms with van der Waals surface area (Å²) in [4.78, 5) is 4.47. The van der Waals surface area contributed by atoms with Gasteiger partial charge in [0.1, 0.15) is 0 Å². The molecule has 65 valence electrons. The van der Waals surface area contributed by atoms with Crippen LogP contribution in [0.1, 0.15) is 26.7 Å². The lowest BCUT2D eigenvalue weighted by Gasteiger charge is -2.06. The predicted octanol–water partition coefficient (Wildman–Crippen LogP) is 2.65. The van der Waals surface area contributed by atoms with E-state index in [-0.39, 0.29) is 0 Å². The molecule has 1 aliphatic rings. The molecule has 0 aromatic rings. The molecule has 1 saturated carbocycles. The Morgan fingerprint density at radius 2 is 2.00 bits per heavy atom. The zero-order valence-corrected chi connectivity index (χ0v) is 7.88. The maximum Gasteiger partial charge on any atom is 0.0388 e. The third kappa shape index (κ3) is 2.96. The van der Waals surface area contributed by atoms with E-state index >= 15 is 0 Å². The second-order valence-corrected chi connectivity index (χ2v) is 2.99. The van der Waals surface area contributed by atoms with Crippen molar-refractivity contribution < 1.29 is 0 Å². The second kappa shape index (κ2) is 5.34. The lowest BCUT2D eigenvalue weighted by Crippen LogP contribution is -2.05. The third-order valence-corrected chi connectivity index (χ3v) is 1.94. The van der Waals surface area contributed by atoms with Crippen LogP contribution in [0.5, 0.6) is 0 Å². The molecule has 1 fully saturated rings. The van der Waals surface area contributed by atoms with E-state index in [9.17, 15) is 0 Å². The van der Waals surface area contributed by atoms with Gasteiger partial charge in [0.25, 0.3) is 0 Å². The summed E-state index contributed by atoms with van der Waals surface area (Å²) >= 11 is 0. The highest BCUT2D eigenvalue weighted by molar-refractivity contribution is 6.00. The normalized spacial score (nSPS) is 20.3.